The van der Waals surface area contributed by atoms with Crippen molar-refractivity contribution in [2.45, 2.75) is 0 Å². The van der Waals surface area contributed by atoms with Crippen LogP contribution in [0.1, 0.15) is 10.5 Å². The lowest BCUT2D eigenvalue weighted by Crippen LogP contribution is -2.13. The van der Waals surface area contributed by atoms with Gasteiger partial charge in [-0.15, -0.1) is 0 Å². The minimum Gasteiger partial charge on any atom is -0.355 e. The molecule has 2 N–H and O–H groups in total. The molecule has 120 valence electrons. The summed E-state index contributed by atoms with van der Waals surface area (Å²) in [6.45, 7) is 0. The maximum Gasteiger partial charge on any atom is 0.274 e. The molecule has 0 radical (unpaired) electrons. The molecule has 1 amide bonds. The van der Waals surface area contributed by atoms with Crippen molar-refractivity contribution in [1.29, 1.82) is 0 Å². The van der Waals surface area contributed by atoms with Gasteiger partial charge in [-0.25, -0.2) is 4.39 Å². The Labute approximate surface area is 146 Å². The average Bonchev–Trinajstić information content (AvgIpc) is 2.59. The lowest BCUT2D eigenvalue weighted by atomic mass is 10.2. The van der Waals surface area contributed by atoms with Gasteiger partial charge in [0.2, 0.25) is 0 Å². The van der Waals surface area contributed by atoms with E-state index in [1.807, 2.05) is 12.1 Å². The second-order valence-electron chi connectivity index (χ2n) is 5.02. The van der Waals surface area contributed by atoms with E-state index in [9.17, 15) is 9.18 Å². The van der Waals surface area contributed by atoms with E-state index in [1.165, 1.54) is 12.1 Å². The van der Waals surface area contributed by atoms with E-state index >= 15 is 0 Å². The van der Waals surface area contributed by atoms with Gasteiger partial charge < -0.3 is 10.6 Å². The van der Waals surface area contributed by atoms with E-state index in [2.05, 4.69) is 31.5 Å². The molecule has 4 nitrogen and oxygen atoms in total. The van der Waals surface area contributed by atoms with Gasteiger partial charge in [0.25, 0.3) is 5.91 Å². The summed E-state index contributed by atoms with van der Waals surface area (Å²) in [5.74, 6) is -0.607. The number of hydrogen-bond donors (Lipinski definition) is 2. The number of anilines is 3. The van der Waals surface area contributed by atoms with Crippen LogP contribution >= 0.6 is 15.9 Å². The monoisotopic (exact) mass is 385 g/mol. The predicted molar refractivity (Wildman–Crippen MR) is 96.0 cm³/mol. The molecule has 1 aromatic heterocycles. The number of carbonyl (C=O) groups excluding carboxylic acids is 1. The number of benzene rings is 2. The molecule has 0 saturated heterocycles. The van der Waals surface area contributed by atoms with Crippen LogP contribution in [0.5, 0.6) is 0 Å². The topological polar surface area (TPSA) is 54.0 Å². The molecule has 0 spiro atoms. The zero-order valence-corrected chi connectivity index (χ0v) is 14.0. The minimum atomic E-state index is -0.305. The molecule has 0 aliphatic heterocycles. The van der Waals surface area contributed by atoms with E-state index in [1.54, 1.807) is 42.6 Å². The molecule has 2 aromatic carbocycles. The van der Waals surface area contributed by atoms with Gasteiger partial charge in [0, 0.05) is 27.7 Å². The molecular formula is C18H13BrFN3O. The molecule has 1 heterocycles. The summed E-state index contributed by atoms with van der Waals surface area (Å²) in [6.07, 6.45) is 1.54. The molecule has 0 unspecified atom stereocenters. The van der Waals surface area contributed by atoms with Crippen LogP contribution in [0, 0.1) is 5.82 Å². The highest BCUT2D eigenvalue weighted by atomic mass is 79.9. The van der Waals surface area contributed by atoms with Crippen LogP contribution in [0.4, 0.5) is 21.5 Å². The van der Waals surface area contributed by atoms with Gasteiger partial charge in [0.15, 0.2) is 0 Å². The van der Waals surface area contributed by atoms with Gasteiger partial charge in [-0.1, -0.05) is 15.9 Å². The first-order valence-electron chi connectivity index (χ1n) is 7.16. The van der Waals surface area contributed by atoms with Gasteiger partial charge in [-0.2, -0.15) is 0 Å². The lowest BCUT2D eigenvalue weighted by Gasteiger charge is -2.08. The van der Waals surface area contributed by atoms with Crippen molar-refractivity contribution < 1.29 is 9.18 Å². The molecule has 0 fully saturated rings. The predicted octanol–water partition coefficient (Wildman–Crippen LogP) is 4.98. The molecule has 6 heteroatoms. The molecular weight excluding hydrogens is 373 g/mol. The number of halogens is 2. The van der Waals surface area contributed by atoms with Crippen LogP contribution in [0.2, 0.25) is 0 Å². The van der Waals surface area contributed by atoms with Crippen LogP contribution in [0.3, 0.4) is 0 Å². The summed E-state index contributed by atoms with van der Waals surface area (Å²) in [6, 6.07) is 16.6. The van der Waals surface area contributed by atoms with Crippen molar-refractivity contribution >= 4 is 38.9 Å². The molecule has 0 aliphatic rings. The maximum absolute atomic E-state index is 12.9. The number of hydrogen-bond acceptors (Lipinski definition) is 3. The van der Waals surface area contributed by atoms with Crippen molar-refractivity contribution in [3.63, 3.8) is 0 Å². The highest BCUT2D eigenvalue weighted by Crippen LogP contribution is 2.18. The third-order valence-corrected chi connectivity index (χ3v) is 3.76. The summed E-state index contributed by atoms with van der Waals surface area (Å²) in [5.41, 5.74) is 2.38. The minimum absolute atomic E-state index is 0.282. The van der Waals surface area contributed by atoms with Crippen molar-refractivity contribution in [1.82, 2.24) is 4.98 Å². The van der Waals surface area contributed by atoms with Gasteiger partial charge in [0.1, 0.15) is 11.5 Å². The van der Waals surface area contributed by atoms with Gasteiger partial charge >= 0.3 is 0 Å². The fraction of sp³-hybridized carbons (Fsp3) is 0. The molecule has 0 bridgehead atoms. The van der Waals surface area contributed by atoms with Crippen molar-refractivity contribution in [3.05, 3.63) is 82.8 Å². The summed E-state index contributed by atoms with van der Waals surface area (Å²) in [5, 5.41) is 5.89. The molecule has 3 aromatic rings. The SMILES string of the molecule is O=C(Nc1ccc(Br)cc1)c1cc(Nc2ccc(F)cc2)ccn1. The second-order valence-corrected chi connectivity index (χ2v) is 5.94. The lowest BCUT2D eigenvalue weighted by molar-refractivity contribution is 0.102. The third-order valence-electron chi connectivity index (χ3n) is 3.23. The van der Waals surface area contributed by atoms with Gasteiger partial charge in [0.05, 0.1) is 0 Å². The standard InChI is InChI=1S/C18H13BrFN3O/c19-12-1-5-15(6-2-12)23-18(24)17-11-16(9-10-21-17)22-14-7-3-13(20)4-8-14/h1-11H,(H,21,22)(H,23,24). The van der Waals surface area contributed by atoms with Crippen molar-refractivity contribution in [3.8, 4) is 0 Å². The Morgan fingerprint density at radius 3 is 2.29 bits per heavy atom. The Kier molecular flexibility index (Phi) is 4.86. The maximum atomic E-state index is 12.9. The highest BCUT2D eigenvalue weighted by Gasteiger charge is 2.08. The largest absolute Gasteiger partial charge is 0.355 e. The zero-order valence-electron chi connectivity index (χ0n) is 12.5. The Balaban J connectivity index is 1.73. The van der Waals surface area contributed by atoms with Crippen LogP contribution in [0.15, 0.2) is 71.3 Å². The fourth-order valence-corrected chi connectivity index (χ4v) is 2.33. The number of nitrogens with zero attached hydrogens (tertiary/aromatic N) is 1. The summed E-state index contributed by atoms with van der Waals surface area (Å²) in [7, 11) is 0. The Morgan fingerprint density at radius 2 is 1.58 bits per heavy atom. The summed E-state index contributed by atoms with van der Waals surface area (Å²) < 4.78 is 13.9. The van der Waals surface area contributed by atoms with E-state index in [0.29, 0.717) is 11.4 Å². The molecule has 0 atom stereocenters. The summed E-state index contributed by atoms with van der Waals surface area (Å²) >= 11 is 3.35. The van der Waals surface area contributed by atoms with Crippen LogP contribution in [-0.2, 0) is 0 Å². The Bertz CT molecular complexity index is 851. The van der Waals surface area contributed by atoms with Gasteiger partial charge in [-0.05, 0) is 60.7 Å². The number of aromatic nitrogens is 1. The normalized spacial score (nSPS) is 10.2. The number of pyridine rings is 1. The Hall–Kier alpha value is -2.73. The smallest absolute Gasteiger partial charge is 0.274 e. The molecule has 3 rings (SSSR count). The van der Waals surface area contributed by atoms with Crippen molar-refractivity contribution in [2.24, 2.45) is 0 Å². The average molecular weight is 386 g/mol. The molecule has 0 saturated carbocycles. The first kappa shape index (κ1) is 16.1. The van der Waals surface area contributed by atoms with Crippen LogP contribution in [-0.4, -0.2) is 10.9 Å². The van der Waals surface area contributed by atoms with E-state index in [0.717, 1.165) is 10.2 Å². The third kappa shape index (κ3) is 4.17. The molecule has 0 aliphatic carbocycles. The zero-order chi connectivity index (χ0) is 16.9. The highest BCUT2D eigenvalue weighted by molar-refractivity contribution is 9.10. The Morgan fingerprint density at radius 1 is 0.917 bits per heavy atom. The fourth-order valence-electron chi connectivity index (χ4n) is 2.06. The van der Waals surface area contributed by atoms with E-state index < -0.39 is 0 Å². The van der Waals surface area contributed by atoms with E-state index in [-0.39, 0.29) is 17.4 Å². The van der Waals surface area contributed by atoms with Gasteiger partial charge in [-0.3, -0.25) is 9.78 Å². The first-order valence-corrected chi connectivity index (χ1v) is 7.95. The van der Waals surface area contributed by atoms with Crippen molar-refractivity contribution in [2.75, 3.05) is 10.6 Å². The quantitative estimate of drug-likeness (QED) is 0.665. The number of nitrogens with one attached hydrogen (secondary N) is 2. The number of amides is 1. The van der Waals surface area contributed by atoms with Crippen LogP contribution < -0.4 is 10.6 Å². The first-order chi connectivity index (χ1) is 11.6. The van der Waals surface area contributed by atoms with E-state index in [4.69, 9.17) is 0 Å². The summed E-state index contributed by atoms with van der Waals surface area (Å²) in [4.78, 5) is 16.4. The number of carbonyl (C=O) groups is 1. The number of rotatable bonds is 4. The second kappa shape index (κ2) is 7.23. The van der Waals surface area contributed by atoms with Crippen LogP contribution in [0.25, 0.3) is 0 Å². The molecule has 24 heavy (non-hydrogen) atoms.